The summed E-state index contributed by atoms with van der Waals surface area (Å²) in [6, 6.07) is 5.10. The zero-order valence-electron chi connectivity index (χ0n) is 16.1. The van der Waals surface area contributed by atoms with Crippen molar-refractivity contribution in [3.8, 4) is 11.5 Å². The molecule has 1 atom stereocenters. The lowest BCUT2D eigenvalue weighted by Gasteiger charge is -2.10. The fraction of sp³-hybridized carbons (Fsp3) is 0.400. The molecule has 1 aliphatic heterocycles. The molecule has 1 amide bonds. The van der Waals surface area contributed by atoms with E-state index in [1.54, 1.807) is 39.0 Å². The number of ether oxygens (including phenoxy) is 3. The largest absolute Gasteiger partial charge is 0.490 e. The van der Waals surface area contributed by atoms with E-state index in [-0.39, 0.29) is 5.69 Å². The fourth-order valence-electron chi connectivity index (χ4n) is 3.24. The average molecular weight is 388 g/mol. The second-order valence-electron chi connectivity index (χ2n) is 6.68. The van der Waals surface area contributed by atoms with Crippen LogP contribution in [0.4, 0.5) is 5.69 Å². The summed E-state index contributed by atoms with van der Waals surface area (Å²) >= 11 is 0. The number of aliphatic hydroxyl groups excluding tert-OH is 1. The summed E-state index contributed by atoms with van der Waals surface area (Å²) in [5, 5.41) is 12.5. The third-order valence-electron chi connectivity index (χ3n) is 4.48. The highest BCUT2D eigenvalue weighted by atomic mass is 16.5. The molecule has 1 aromatic carbocycles. The minimum Gasteiger partial charge on any atom is -0.490 e. The first-order valence-corrected chi connectivity index (χ1v) is 9.10. The van der Waals surface area contributed by atoms with E-state index in [0.717, 1.165) is 6.42 Å². The Labute approximate surface area is 162 Å². The first kappa shape index (κ1) is 19.8. The van der Waals surface area contributed by atoms with Gasteiger partial charge >= 0.3 is 5.97 Å². The van der Waals surface area contributed by atoms with Gasteiger partial charge in [0.05, 0.1) is 19.3 Å². The molecule has 3 rings (SSSR count). The lowest BCUT2D eigenvalue weighted by Crippen LogP contribution is -2.21. The SMILES string of the molecule is Cc1[nH]c(C(=O)OCC(=O)Nc2ccc3c(c2)OCCCO3)c(C)c1[C@@H](C)O. The Morgan fingerprint density at radius 3 is 2.64 bits per heavy atom. The molecule has 0 fully saturated rings. The fourth-order valence-corrected chi connectivity index (χ4v) is 3.24. The number of hydrogen-bond donors (Lipinski definition) is 3. The number of anilines is 1. The van der Waals surface area contributed by atoms with Crippen molar-refractivity contribution in [2.45, 2.75) is 33.3 Å². The zero-order valence-corrected chi connectivity index (χ0v) is 16.1. The number of hydrogen-bond acceptors (Lipinski definition) is 6. The second kappa shape index (κ2) is 8.35. The molecule has 0 radical (unpaired) electrons. The van der Waals surface area contributed by atoms with Crippen LogP contribution >= 0.6 is 0 Å². The van der Waals surface area contributed by atoms with Crippen molar-refractivity contribution in [3.63, 3.8) is 0 Å². The number of carbonyl (C=O) groups is 2. The minimum absolute atomic E-state index is 0.233. The Morgan fingerprint density at radius 1 is 1.25 bits per heavy atom. The van der Waals surface area contributed by atoms with Crippen LogP contribution in [0.15, 0.2) is 18.2 Å². The Bertz CT molecular complexity index is 887. The minimum atomic E-state index is -0.708. The molecule has 0 bridgehead atoms. The van der Waals surface area contributed by atoms with Gasteiger partial charge in [0.2, 0.25) is 0 Å². The van der Waals surface area contributed by atoms with Crippen molar-refractivity contribution in [1.82, 2.24) is 4.98 Å². The van der Waals surface area contributed by atoms with Gasteiger partial charge in [0.25, 0.3) is 5.91 Å². The highest BCUT2D eigenvalue weighted by Gasteiger charge is 2.21. The third-order valence-corrected chi connectivity index (χ3v) is 4.48. The number of aliphatic hydroxyl groups is 1. The van der Waals surface area contributed by atoms with Crippen molar-refractivity contribution in [1.29, 1.82) is 0 Å². The quantitative estimate of drug-likeness (QED) is 0.680. The normalized spacial score (nSPS) is 14.1. The third kappa shape index (κ3) is 4.28. The van der Waals surface area contributed by atoms with E-state index in [2.05, 4.69) is 10.3 Å². The number of aromatic nitrogens is 1. The molecule has 8 heteroatoms. The predicted molar refractivity (Wildman–Crippen MR) is 102 cm³/mol. The molecule has 0 saturated heterocycles. The summed E-state index contributed by atoms with van der Waals surface area (Å²) in [7, 11) is 0. The van der Waals surface area contributed by atoms with Gasteiger partial charge in [0, 0.05) is 29.4 Å². The number of benzene rings is 1. The topological polar surface area (TPSA) is 110 Å². The summed E-state index contributed by atoms with van der Waals surface area (Å²) in [6.07, 6.45) is 0.0845. The van der Waals surface area contributed by atoms with E-state index in [9.17, 15) is 14.7 Å². The van der Waals surface area contributed by atoms with Crippen molar-refractivity contribution in [2.75, 3.05) is 25.1 Å². The van der Waals surface area contributed by atoms with E-state index in [1.165, 1.54) is 0 Å². The van der Waals surface area contributed by atoms with Crippen molar-refractivity contribution in [3.05, 3.63) is 40.7 Å². The van der Waals surface area contributed by atoms with Crippen LogP contribution in [0.5, 0.6) is 11.5 Å². The Kier molecular flexibility index (Phi) is 5.89. The number of nitrogens with one attached hydrogen (secondary N) is 2. The van der Waals surface area contributed by atoms with Crippen LogP contribution in [-0.4, -0.2) is 41.8 Å². The van der Waals surface area contributed by atoms with E-state index in [4.69, 9.17) is 14.2 Å². The summed E-state index contributed by atoms with van der Waals surface area (Å²) in [6.45, 7) is 5.81. The molecule has 150 valence electrons. The molecule has 0 spiro atoms. The van der Waals surface area contributed by atoms with Gasteiger partial charge in [-0.2, -0.15) is 0 Å². The number of amides is 1. The molecule has 0 saturated carbocycles. The molecular formula is C20H24N2O6. The zero-order chi connectivity index (χ0) is 20.3. The van der Waals surface area contributed by atoms with Gasteiger partial charge in [-0.3, -0.25) is 4.79 Å². The second-order valence-corrected chi connectivity index (χ2v) is 6.68. The standard InChI is InChI=1S/C20H24N2O6/c1-11-18(13(3)23)12(2)21-19(11)20(25)28-10-17(24)22-14-5-6-15-16(9-14)27-8-4-7-26-15/h5-6,9,13,21,23H,4,7-8,10H2,1-3H3,(H,22,24)/t13-/m1/s1. The smallest absolute Gasteiger partial charge is 0.355 e. The van der Waals surface area contributed by atoms with Gasteiger partial charge in [0.1, 0.15) is 5.69 Å². The predicted octanol–water partition coefficient (Wildman–Crippen LogP) is 2.64. The summed E-state index contributed by atoms with van der Waals surface area (Å²) in [5.41, 5.74) is 2.71. The van der Waals surface area contributed by atoms with Crippen LogP contribution in [0.1, 0.15) is 46.8 Å². The summed E-state index contributed by atoms with van der Waals surface area (Å²) < 4.78 is 16.2. The molecule has 2 aromatic rings. The molecule has 8 nitrogen and oxygen atoms in total. The lowest BCUT2D eigenvalue weighted by molar-refractivity contribution is -0.119. The Balaban J connectivity index is 1.59. The molecule has 2 heterocycles. The van der Waals surface area contributed by atoms with E-state index < -0.39 is 24.6 Å². The van der Waals surface area contributed by atoms with Crippen LogP contribution in [0.25, 0.3) is 0 Å². The molecule has 0 unspecified atom stereocenters. The Hall–Kier alpha value is -3.00. The van der Waals surface area contributed by atoms with Crippen molar-refractivity contribution < 1.29 is 28.9 Å². The molecule has 0 aliphatic carbocycles. The van der Waals surface area contributed by atoms with Crippen LogP contribution in [0.2, 0.25) is 0 Å². The van der Waals surface area contributed by atoms with Gasteiger partial charge < -0.3 is 29.6 Å². The van der Waals surface area contributed by atoms with Crippen LogP contribution in [0.3, 0.4) is 0 Å². The maximum Gasteiger partial charge on any atom is 0.355 e. The first-order chi connectivity index (χ1) is 13.4. The molecule has 3 N–H and O–H groups in total. The first-order valence-electron chi connectivity index (χ1n) is 9.10. The number of aromatic amines is 1. The van der Waals surface area contributed by atoms with Gasteiger partial charge in [-0.05, 0) is 38.5 Å². The highest BCUT2D eigenvalue weighted by molar-refractivity contribution is 5.95. The Morgan fingerprint density at radius 2 is 1.96 bits per heavy atom. The number of aryl methyl sites for hydroxylation is 1. The van der Waals surface area contributed by atoms with E-state index in [1.807, 2.05) is 0 Å². The number of carbonyl (C=O) groups excluding carboxylic acids is 2. The van der Waals surface area contributed by atoms with Crippen LogP contribution < -0.4 is 14.8 Å². The number of fused-ring (bicyclic) bond motifs is 1. The van der Waals surface area contributed by atoms with Crippen LogP contribution in [0, 0.1) is 13.8 Å². The van der Waals surface area contributed by atoms with Gasteiger partial charge in [-0.25, -0.2) is 4.79 Å². The maximum atomic E-state index is 12.3. The number of rotatable bonds is 5. The lowest BCUT2D eigenvalue weighted by atomic mass is 10.1. The maximum absolute atomic E-state index is 12.3. The van der Waals surface area contributed by atoms with Crippen molar-refractivity contribution >= 4 is 17.6 Å². The molecule has 1 aliphatic rings. The average Bonchev–Trinajstić information content (AvgIpc) is 2.81. The monoisotopic (exact) mass is 388 g/mol. The highest BCUT2D eigenvalue weighted by Crippen LogP contribution is 2.32. The number of esters is 1. The van der Waals surface area contributed by atoms with Crippen LogP contribution in [-0.2, 0) is 9.53 Å². The summed E-state index contributed by atoms with van der Waals surface area (Å²) in [5.74, 6) is 0.0738. The van der Waals surface area contributed by atoms with Gasteiger partial charge in [-0.15, -0.1) is 0 Å². The summed E-state index contributed by atoms with van der Waals surface area (Å²) in [4.78, 5) is 27.3. The molecule has 1 aromatic heterocycles. The molecular weight excluding hydrogens is 364 g/mol. The van der Waals surface area contributed by atoms with Gasteiger partial charge in [0.15, 0.2) is 18.1 Å². The van der Waals surface area contributed by atoms with E-state index in [0.29, 0.717) is 47.2 Å². The van der Waals surface area contributed by atoms with Crippen molar-refractivity contribution in [2.24, 2.45) is 0 Å². The van der Waals surface area contributed by atoms with Gasteiger partial charge in [-0.1, -0.05) is 0 Å². The molecule has 28 heavy (non-hydrogen) atoms. The van der Waals surface area contributed by atoms with E-state index >= 15 is 0 Å². The number of H-pyrrole nitrogens is 1.